The lowest BCUT2D eigenvalue weighted by molar-refractivity contribution is -0.0728. The van der Waals surface area contributed by atoms with Crippen LogP contribution < -0.4 is 5.32 Å². The molecule has 2 fully saturated rings. The van der Waals surface area contributed by atoms with Crippen molar-refractivity contribution in [2.24, 2.45) is 5.92 Å². The Morgan fingerprint density at radius 1 is 0.947 bits per heavy atom. The average molecular weight is 267 g/mol. The van der Waals surface area contributed by atoms with Gasteiger partial charge >= 0.3 is 0 Å². The quantitative estimate of drug-likeness (QED) is 0.725. The summed E-state index contributed by atoms with van der Waals surface area (Å²) in [4.78, 5) is 0. The maximum Gasteiger partial charge on any atom is 0.0806 e. The summed E-state index contributed by atoms with van der Waals surface area (Å²) in [5, 5.41) is 3.55. The maximum atomic E-state index is 6.53. The second kappa shape index (κ2) is 8.26. The minimum atomic E-state index is 0.157. The summed E-state index contributed by atoms with van der Waals surface area (Å²) in [5.41, 5.74) is 0.157. The number of hydrogen-bond donors (Lipinski definition) is 1. The topological polar surface area (TPSA) is 21.3 Å². The largest absolute Gasteiger partial charge is 0.373 e. The minimum absolute atomic E-state index is 0.157. The molecular weight excluding hydrogens is 234 g/mol. The second-order valence-corrected chi connectivity index (χ2v) is 6.69. The van der Waals surface area contributed by atoms with Crippen LogP contribution >= 0.6 is 0 Å². The van der Waals surface area contributed by atoms with Crippen LogP contribution in [-0.4, -0.2) is 25.3 Å². The Morgan fingerprint density at radius 2 is 1.58 bits per heavy atom. The van der Waals surface area contributed by atoms with Gasteiger partial charge in [0.1, 0.15) is 0 Å². The predicted molar refractivity (Wildman–Crippen MR) is 81.5 cm³/mol. The summed E-state index contributed by atoms with van der Waals surface area (Å²) >= 11 is 0. The van der Waals surface area contributed by atoms with Gasteiger partial charge < -0.3 is 10.1 Å². The van der Waals surface area contributed by atoms with E-state index in [0.29, 0.717) is 0 Å². The first-order valence-corrected chi connectivity index (χ1v) is 8.69. The molecule has 2 heteroatoms. The van der Waals surface area contributed by atoms with Crippen molar-refractivity contribution < 1.29 is 4.74 Å². The van der Waals surface area contributed by atoms with Crippen LogP contribution in [0.4, 0.5) is 0 Å². The molecule has 19 heavy (non-hydrogen) atoms. The molecule has 2 saturated carbocycles. The third-order valence-electron chi connectivity index (χ3n) is 5.06. The molecule has 0 bridgehead atoms. The van der Waals surface area contributed by atoms with Gasteiger partial charge in [-0.1, -0.05) is 51.9 Å². The van der Waals surface area contributed by atoms with Crippen LogP contribution in [0.3, 0.4) is 0 Å². The highest BCUT2D eigenvalue weighted by Gasteiger charge is 2.32. The summed E-state index contributed by atoms with van der Waals surface area (Å²) in [7, 11) is 0. The number of likely N-dealkylation sites (N-methyl/N-ethyl adjacent to an activating group) is 1. The first kappa shape index (κ1) is 15.3. The van der Waals surface area contributed by atoms with Gasteiger partial charge in [0.2, 0.25) is 0 Å². The van der Waals surface area contributed by atoms with Gasteiger partial charge in [-0.3, -0.25) is 0 Å². The minimum Gasteiger partial charge on any atom is -0.373 e. The third kappa shape index (κ3) is 5.07. The Morgan fingerprint density at radius 3 is 2.21 bits per heavy atom. The molecule has 2 rings (SSSR count). The summed E-state index contributed by atoms with van der Waals surface area (Å²) < 4.78 is 6.53. The number of ether oxygens (including phenoxy) is 1. The van der Waals surface area contributed by atoms with Gasteiger partial charge in [-0.2, -0.15) is 0 Å². The highest BCUT2D eigenvalue weighted by atomic mass is 16.5. The Hall–Kier alpha value is -0.0800. The van der Waals surface area contributed by atoms with E-state index < -0.39 is 0 Å². The molecule has 0 radical (unpaired) electrons. The van der Waals surface area contributed by atoms with Crippen molar-refractivity contribution in [3.63, 3.8) is 0 Å². The average Bonchev–Trinajstić information content (AvgIpc) is 2.70. The molecule has 0 heterocycles. The third-order valence-corrected chi connectivity index (χ3v) is 5.06. The van der Waals surface area contributed by atoms with E-state index in [-0.39, 0.29) is 5.60 Å². The van der Waals surface area contributed by atoms with Crippen LogP contribution in [0.15, 0.2) is 0 Å². The van der Waals surface area contributed by atoms with E-state index in [2.05, 4.69) is 12.2 Å². The van der Waals surface area contributed by atoms with Crippen molar-refractivity contribution in [2.45, 2.75) is 83.2 Å². The lowest BCUT2D eigenvalue weighted by Gasteiger charge is -2.35. The molecule has 0 aromatic carbocycles. The molecule has 0 atom stereocenters. The molecule has 2 aliphatic rings. The molecule has 0 saturated heterocycles. The van der Waals surface area contributed by atoms with Gasteiger partial charge in [-0.05, 0) is 38.1 Å². The normalized spacial score (nSPS) is 25.1. The monoisotopic (exact) mass is 267 g/mol. The van der Waals surface area contributed by atoms with Gasteiger partial charge in [0.25, 0.3) is 0 Å². The highest BCUT2D eigenvalue weighted by molar-refractivity contribution is 4.86. The fourth-order valence-corrected chi connectivity index (χ4v) is 3.75. The maximum absolute atomic E-state index is 6.53. The molecule has 0 aromatic heterocycles. The number of rotatable bonds is 6. The van der Waals surface area contributed by atoms with Gasteiger partial charge in [0.15, 0.2) is 0 Å². The Kier molecular flexibility index (Phi) is 6.66. The van der Waals surface area contributed by atoms with Crippen LogP contribution in [0.25, 0.3) is 0 Å². The van der Waals surface area contributed by atoms with E-state index in [4.69, 9.17) is 4.74 Å². The molecular formula is C17H33NO. The van der Waals surface area contributed by atoms with Crippen molar-refractivity contribution in [3.05, 3.63) is 0 Å². The van der Waals surface area contributed by atoms with Crippen LogP contribution in [0.1, 0.15) is 77.6 Å². The van der Waals surface area contributed by atoms with E-state index in [1.165, 1.54) is 70.6 Å². The fourth-order valence-electron chi connectivity index (χ4n) is 3.75. The lowest BCUT2D eigenvalue weighted by Crippen LogP contribution is -2.44. The summed E-state index contributed by atoms with van der Waals surface area (Å²) in [6.07, 6.45) is 15.2. The van der Waals surface area contributed by atoms with Gasteiger partial charge in [0, 0.05) is 6.54 Å². The van der Waals surface area contributed by atoms with E-state index in [1.807, 2.05) is 0 Å². The first-order chi connectivity index (χ1) is 9.35. The van der Waals surface area contributed by atoms with Gasteiger partial charge in [-0.25, -0.2) is 0 Å². The zero-order valence-corrected chi connectivity index (χ0v) is 12.9. The Bertz CT molecular complexity index is 227. The SMILES string of the molecule is CCNCC1(OCC2CCCCC2)CCCCCC1. The lowest BCUT2D eigenvalue weighted by atomic mass is 9.89. The summed E-state index contributed by atoms with van der Waals surface area (Å²) in [6, 6.07) is 0. The molecule has 0 spiro atoms. The molecule has 2 aliphatic carbocycles. The molecule has 2 nitrogen and oxygen atoms in total. The Labute approximate surface area is 119 Å². The smallest absolute Gasteiger partial charge is 0.0806 e. The van der Waals surface area contributed by atoms with Gasteiger partial charge in [-0.15, -0.1) is 0 Å². The van der Waals surface area contributed by atoms with Crippen molar-refractivity contribution in [2.75, 3.05) is 19.7 Å². The van der Waals surface area contributed by atoms with Crippen LogP contribution in [0.2, 0.25) is 0 Å². The van der Waals surface area contributed by atoms with Gasteiger partial charge in [0.05, 0.1) is 12.2 Å². The number of hydrogen-bond acceptors (Lipinski definition) is 2. The van der Waals surface area contributed by atoms with Crippen molar-refractivity contribution in [1.82, 2.24) is 5.32 Å². The molecule has 1 N–H and O–H groups in total. The fraction of sp³-hybridized carbons (Fsp3) is 1.00. The van der Waals surface area contributed by atoms with E-state index in [1.54, 1.807) is 0 Å². The zero-order chi connectivity index (χ0) is 13.4. The highest BCUT2D eigenvalue weighted by Crippen LogP contribution is 2.32. The Balaban J connectivity index is 1.84. The number of nitrogens with one attached hydrogen (secondary N) is 1. The molecule has 0 aromatic rings. The van der Waals surface area contributed by atoms with Crippen LogP contribution in [0, 0.1) is 5.92 Å². The molecule has 112 valence electrons. The van der Waals surface area contributed by atoms with E-state index >= 15 is 0 Å². The van der Waals surface area contributed by atoms with Crippen molar-refractivity contribution >= 4 is 0 Å². The zero-order valence-electron chi connectivity index (χ0n) is 12.9. The van der Waals surface area contributed by atoms with Crippen LogP contribution in [0.5, 0.6) is 0 Å². The van der Waals surface area contributed by atoms with Crippen molar-refractivity contribution in [3.8, 4) is 0 Å². The van der Waals surface area contributed by atoms with E-state index in [0.717, 1.165) is 25.6 Å². The van der Waals surface area contributed by atoms with Crippen molar-refractivity contribution in [1.29, 1.82) is 0 Å². The van der Waals surface area contributed by atoms with Crippen LogP contribution in [-0.2, 0) is 4.74 Å². The predicted octanol–water partition coefficient (Wildman–Crippen LogP) is 4.29. The summed E-state index contributed by atoms with van der Waals surface area (Å²) in [5.74, 6) is 0.843. The molecule has 0 aliphatic heterocycles. The molecule has 0 amide bonds. The summed E-state index contributed by atoms with van der Waals surface area (Å²) in [6.45, 7) is 5.35. The van der Waals surface area contributed by atoms with E-state index in [9.17, 15) is 0 Å². The first-order valence-electron chi connectivity index (χ1n) is 8.69. The standard InChI is InChI=1S/C17H33NO/c1-2-18-15-17(12-8-3-4-9-13-17)19-14-16-10-6-5-7-11-16/h16,18H,2-15H2,1H3. The molecule has 0 unspecified atom stereocenters. The second-order valence-electron chi connectivity index (χ2n) is 6.69.